The molecule has 0 aliphatic carbocycles. The zero-order chi connectivity index (χ0) is 21.7. The lowest BCUT2D eigenvalue weighted by atomic mass is 10.2. The molecule has 1 unspecified atom stereocenters. The molecule has 0 spiro atoms. The van der Waals surface area contributed by atoms with Crippen molar-refractivity contribution in [2.45, 2.75) is 6.10 Å². The summed E-state index contributed by atoms with van der Waals surface area (Å²) in [5.41, 5.74) is 0.456. The standard InChI is InChI=1S/C23H14FN3O4S/c24-14-7-5-13(6-8-14)16-10-9-15(30-16)11-20-22(28)27-23(32-20)25-21(26-27)19-12-29-17-3-1-2-4-18(17)31-19/h1-11,19H,12H2/b20-11-. The zero-order valence-corrected chi connectivity index (χ0v) is 17.2. The van der Waals surface area contributed by atoms with E-state index in [0.717, 1.165) is 5.56 Å². The summed E-state index contributed by atoms with van der Waals surface area (Å²) in [6.07, 6.45) is 1.15. The van der Waals surface area contributed by atoms with Gasteiger partial charge in [0.05, 0.1) is 0 Å². The molecule has 1 aliphatic heterocycles. The van der Waals surface area contributed by atoms with Crippen LogP contribution >= 0.6 is 11.3 Å². The van der Waals surface area contributed by atoms with Gasteiger partial charge in [-0.2, -0.15) is 9.50 Å². The highest BCUT2D eigenvalue weighted by atomic mass is 32.1. The lowest BCUT2D eigenvalue weighted by molar-refractivity contribution is 0.0852. The number of nitrogens with zero attached hydrogens (tertiary/aromatic N) is 3. The minimum Gasteiger partial charge on any atom is -0.485 e. The normalized spacial score (nSPS) is 16.0. The molecule has 0 bridgehead atoms. The summed E-state index contributed by atoms with van der Waals surface area (Å²) in [7, 11) is 0. The molecule has 1 aliphatic rings. The van der Waals surface area contributed by atoms with Crippen molar-refractivity contribution in [3.05, 3.63) is 93.0 Å². The van der Waals surface area contributed by atoms with E-state index in [2.05, 4.69) is 10.1 Å². The first-order valence-corrected chi connectivity index (χ1v) is 10.6. The second kappa shape index (κ2) is 7.31. The second-order valence-electron chi connectivity index (χ2n) is 7.15. The number of para-hydroxylation sites is 2. The molecule has 0 saturated carbocycles. The van der Waals surface area contributed by atoms with Gasteiger partial charge in [0.25, 0.3) is 5.56 Å². The smallest absolute Gasteiger partial charge is 0.291 e. The van der Waals surface area contributed by atoms with Gasteiger partial charge in [-0.3, -0.25) is 4.79 Å². The van der Waals surface area contributed by atoms with Crippen molar-refractivity contribution >= 4 is 22.4 Å². The van der Waals surface area contributed by atoms with Crippen LogP contribution in [0.3, 0.4) is 0 Å². The molecule has 1 atom stereocenters. The molecular formula is C23H14FN3O4S. The number of hydrogen-bond donors (Lipinski definition) is 0. The van der Waals surface area contributed by atoms with E-state index in [9.17, 15) is 9.18 Å². The minimum absolute atomic E-state index is 0.264. The van der Waals surface area contributed by atoms with Crippen LogP contribution in [0.15, 0.2) is 69.9 Å². The lowest BCUT2D eigenvalue weighted by Gasteiger charge is -2.24. The van der Waals surface area contributed by atoms with Gasteiger partial charge >= 0.3 is 0 Å². The van der Waals surface area contributed by atoms with Gasteiger partial charge < -0.3 is 13.9 Å². The zero-order valence-electron chi connectivity index (χ0n) is 16.4. The van der Waals surface area contributed by atoms with E-state index in [0.29, 0.717) is 38.3 Å². The summed E-state index contributed by atoms with van der Waals surface area (Å²) in [6.45, 7) is 0.264. The molecule has 32 heavy (non-hydrogen) atoms. The highest BCUT2D eigenvalue weighted by molar-refractivity contribution is 7.15. The minimum atomic E-state index is -0.493. The van der Waals surface area contributed by atoms with Gasteiger partial charge in [-0.25, -0.2) is 4.39 Å². The van der Waals surface area contributed by atoms with Crippen LogP contribution < -0.4 is 19.6 Å². The van der Waals surface area contributed by atoms with Crippen molar-refractivity contribution in [1.29, 1.82) is 0 Å². The summed E-state index contributed by atoms with van der Waals surface area (Å²) in [4.78, 5) is 17.8. The van der Waals surface area contributed by atoms with Crippen molar-refractivity contribution in [3.8, 4) is 22.8 Å². The quantitative estimate of drug-likeness (QED) is 0.421. The van der Waals surface area contributed by atoms with Gasteiger partial charge in [0.2, 0.25) is 4.96 Å². The first-order chi connectivity index (χ1) is 15.6. The number of hydrogen-bond acceptors (Lipinski definition) is 7. The fourth-order valence-electron chi connectivity index (χ4n) is 3.46. The van der Waals surface area contributed by atoms with Crippen LogP contribution in [0.1, 0.15) is 17.7 Å². The van der Waals surface area contributed by atoms with Gasteiger partial charge in [0, 0.05) is 11.6 Å². The van der Waals surface area contributed by atoms with Crippen LogP contribution in [0.2, 0.25) is 0 Å². The Morgan fingerprint density at radius 1 is 1.06 bits per heavy atom. The predicted molar refractivity (Wildman–Crippen MR) is 115 cm³/mol. The van der Waals surface area contributed by atoms with Gasteiger partial charge in [-0.05, 0) is 48.5 Å². The molecule has 0 amide bonds. The van der Waals surface area contributed by atoms with Crippen LogP contribution in [0.25, 0.3) is 22.4 Å². The van der Waals surface area contributed by atoms with Crippen molar-refractivity contribution in [1.82, 2.24) is 14.6 Å². The highest BCUT2D eigenvalue weighted by Crippen LogP contribution is 2.35. The average molecular weight is 447 g/mol. The number of ether oxygens (including phenoxy) is 2. The third-order valence-electron chi connectivity index (χ3n) is 5.02. The van der Waals surface area contributed by atoms with Crippen LogP contribution in [0.5, 0.6) is 11.5 Å². The molecule has 4 heterocycles. The second-order valence-corrected chi connectivity index (χ2v) is 8.16. The lowest BCUT2D eigenvalue weighted by Crippen LogP contribution is -2.26. The van der Waals surface area contributed by atoms with Crippen LogP contribution in [0, 0.1) is 5.82 Å². The third-order valence-corrected chi connectivity index (χ3v) is 5.98. The maximum Gasteiger partial charge on any atom is 0.291 e. The number of rotatable bonds is 3. The Morgan fingerprint density at radius 2 is 1.88 bits per heavy atom. The molecule has 6 rings (SSSR count). The predicted octanol–water partition coefficient (Wildman–Crippen LogP) is 3.61. The first kappa shape index (κ1) is 18.8. The maximum atomic E-state index is 13.1. The average Bonchev–Trinajstić information content (AvgIpc) is 3.52. The van der Waals surface area contributed by atoms with Gasteiger partial charge in [-0.1, -0.05) is 23.5 Å². The Morgan fingerprint density at radius 3 is 2.69 bits per heavy atom. The fourth-order valence-corrected chi connectivity index (χ4v) is 4.36. The third kappa shape index (κ3) is 3.23. The van der Waals surface area contributed by atoms with Crippen molar-refractivity contribution in [2.75, 3.05) is 6.61 Å². The van der Waals surface area contributed by atoms with Crippen molar-refractivity contribution in [2.24, 2.45) is 0 Å². The van der Waals surface area contributed by atoms with Crippen molar-refractivity contribution in [3.63, 3.8) is 0 Å². The number of halogens is 1. The molecule has 0 radical (unpaired) electrons. The monoisotopic (exact) mass is 447 g/mol. The number of aromatic nitrogens is 3. The molecule has 0 fully saturated rings. The molecule has 2 aromatic carbocycles. The molecule has 0 saturated heterocycles. The van der Waals surface area contributed by atoms with E-state index < -0.39 is 6.10 Å². The van der Waals surface area contributed by atoms with E-state index in [4.69, 9.17) is 13.9 Å². The Balaban J connectivity index is 1.30. The van der Waals surface area contributed by atoms with Gasteiger partial charge in [0.15, 0.2) is 23.4 Å². The van der Waals surface area contributed by atoms with Crippen LogP contribution in [-0.4, -0.2) is 21.2 Å². The summed E-state index contributed by atoms with van der Waals surface area (Å²) in [5.74, 6) is 2.46. The molecule has 158 valence electrons. The largest absolute Gasteiger partial charge is 0.485 e. The SMILES string of the molecule is O=c1/c(=C/c2ccc(-c3ccc(F)cc3)o2)sc2nc(C3COc4ccccc4O3)nn12. The van der Waals surface area contributed by atoms with Crippen LogP contribution in [0.4, 0.5) is 4.39 Å². The van der Waals surface area contributed by atoms with Crippen molar-refractivity contribution < 1.29 is 18.3 Å². The Kier molecular flexibility index (Phi) is 4.29. The summed E-state index contributed by atoms with van der Waals surface area (Å²) in [6, 6.07) is 16.9. The summed E-state index contributed by atoms with van der Waals surface area (Å²) in [5, 5.41) is 4.34. The number of fused-ring (bicyclic) bond motifs is 2. The number of thiazole rings is 1. The highest BCUT2D eigenvalue weighted by Gasteiger charge is 2.27. The first-order valence-electron chi connectivity index (χ1n) is 9.79. The Bertz CT molecular complexity index is 1550. The summed E-state index contributed by atoms with van der Waals surface area (Å²) < 4.78 is 32.3. The summed E-state index contributed by atoms with van der Waals surface area (Å²) >= 11 is 1.21. The van der Waals surface area contributed by atoms with Gasteiger partial charge in [-0.15, -0.1) is 5.10 Å². The maximum absolute atomic E-state index is 13.1. The molecular weight excluding hydrogens is 433 g/mol. The van der Waals surface area contributed by atoms with Crippen LogP contribution in [-0.2, 0) is 0 Å². The van der Waals surface area contributed by atoms with E-state index >= 15 is 0 Å². The Hall–Kier alpha value is -3.98. The van der Waals surface area contributed by atoms with E-state index in [1.807, 2.05) is 24.3 Å². The Labute approximate surface area is 184 Å². The fraction of sp³-hybridized carbons (Fsp3) is 0.0870. The van der Waals surface area contributed by atoms with E-state index in [-0.39, 0.29) is 18.0 Å². The molecule has 7 nitrogen and oxygen atoms in total. The molecule has 3 aromatic heterocycles. The topological polar surface area (TPSA) is 78.9 Å². The van der Waals surface area contributed by atoms with E-state index in [1.54, 1.807) is 30.3 Å². The molecule has 9 heteroatoms. The number of furan rings is 1. The van der Waals surface area contributed by atoms with Gasteiger partial charge in [0.1, 0.15) is 28.5 Å². The molecule has 0 N–H and O–H groups in total. The number of benzene rings is 2. The molecule has 5 aromatic rings. The van der Waals surface area contributed by atoms with E-state index in [1.165, 1.54) is 28.0 Å².